The quantitative estimate of drug-likeness (QED) is 0.717. The second kappa shape index (κ2) is 8.07. The molecule has 2 aliphatic heterocycles. The maximum atomic E-state index is 12.4. The number of ether oxygens (including phenoxy) is 2. The van der Waals surface area contributed by atoms with E-state index in [1.54, 1.807) is 13.2 Å². The minimum Gasteiger partial charge on any atom is -0.444 e. The maximum absolute atomic E-state index is 12.4. The first kappa shape index (κ1) is 20.6. The molecule has 2 saturated heterocycles. The number of amides is 1. The molecule has 1 unspecified atom stereocenters. The van der Waals surface area contributed by atoms with E-state index in [9.17, 15) is 9.70 Å². The van der Waals surface area contributed by atoms with E-state index in [0.29, 0.717) is 25.4 Å². The Balaban J connectivity index is 1.76. The van der Waals surface area contributed by atoms with Crippen LogP contribution in [0.2, 0.25) is 0 Å². The number of anilines is 1. The summed E-state index contributed by atoms with van der Waals surface area (Å²) in [6.07, 6.45) is 2.56. The first-order valence-corrected chi connectivity index (χ1v) is 9.95. The van der Waals surface area contributed by atoms with Crippen LogP contribution in [0.25, 0.3) is 0 Å². The van der Waals surface area contributed by atoms with E-state index >= 15 is 0 Å². The lowest BCUT2D eigenvalue weighted by atomic mass is 9.72. The molecule has 154 valence electrons. The number of hydrogen-bond donors (Lipinski definition) is 0. The van der Waals surface area contributed by atoms with Crippen molar-refractivity contribution < 1.29 is 14.3 Å². The number of likely N-dealkylation sites (tertiary alicyclic amines) is 1. The van der Waals surface area contributed by atoms with Crippen LogP contribution < -0.4 is 4.90 Å². The molecule has 1 amide bonds. The zero-order valence-corrected chi connectivity index (χ0v) is 17.3. The van der Waals surface area contributed by atoms with E-state index in [2.05, 4.69) is 10.1 Å². The maximum Gasteiger partial charge on any atom is 0.410 e. The average Bonchev–Trinajstić information content (AvgIpc) is 2.99. The van der Waals surface area contributed by atoms with E-state index in [0.717, 1.165) is 31.5 Å². The van der Waals surface area contributed by atoms with Gasteiger partial charge in [0.1, 0.15) is 11.3 Å². The number of carbonyl (C=O) groups is 1. The topological polar surface area (TPSA) is 71.4 Å². The molecule has 1 aromatic carbocycles. The van der Waals surface area contributed by atoms with Crippen LogP contribution in [0.1, 0.15) is 40.0 Å². The van der Waals surface area contributed by atoms with E-state index in [1.807, 2.05) is 43.9 Å². The average molecular weight is 389 g/mol. The van der Waals surface area contributed by atoms with Gasteiger partial charge < -0.3 is 19.3 Å². The molecule has 1 atom stereocenters. The highest BCUT2D eigenvalue weighted by molar-refractivity contribution is 5.69. The van der Waals surface area contributed by atoms with Gasteiger partial charge in [-0.1, -0.05) is 12.1 Å². The van der Waals surface area contributed by atoms with Crippen molar-refractivity contribution in [3.05, 3.63) is 29.2 Å². The molecular weight excluding hydrogens is 358 g/mol. The molecule has 28 heavy (non-hydrogen) atoms. The van der Waals surface area contributed by atoms with Crippen LogP contribution in [-0.4, -0.2) is 56.0 Å². The predicted molar refractivity (Wildman–Crippen MR) is 109 cm³/mol. The second-order valence-electron chi connectivity index (χ2n) is 8.82. The molecule has 0 N–H and O–H groups in total. The molecule has 0 radical (unpaired) electrons. The Morgan fingerprint density at radius 2 is 1.82 bits per heavy atom. The van der Waals surface area contributed by atoms with Crippen molar-refractivity contribution in [3.63, 3.8) is 0 Å². The minimum absolute atomic E-state index is 0.0600. The molecule has 2 heterocycles. The lowest BCUT2D eigenvalue weighted by molar-refractivity contribution is 0.00494. The van der Waals surface area contributed by atoms with Gasteiger partial charge in [-0.3, -0.25) is 0 Å². The van der Waals surface area contributed by atoms with Crippen molar-refractivity contribution in [2.75, 3.05) is 38.3 Å². The molecule has 2 fully saturated rings. The van der Waals surface area contributed by atoms with Crippen LogP contribution >= 0.6 is 0 Å². The third-order valence-corrected chi connectivity index (χ3v) is 5.96. The summed E-state index contributed by atoms with van der Waals surface area (Å²) < 4.78 is 11.1. The van der Waals surface area contributed by atoms with Crippen molar-refractivity contribution in [2.24, 2.45) is 10.6 Å². The van der Waals surface area contributed by atoms with Crippen molar-refractivity contribution in [1.82, 2.24) is 4.90 Å². The Hall–Kier alpha value is -2.15. The summed E-state index contributed by atoms with van der Waals surface area (Å²) in [6, 6.07) is 7.62. The van der Waals surface area contributed by atoms with E-state index in [4.69, 9.17) is 9.47 Å². The largest absolute Gasteiger partial charge is 0.444 e. The molecule has 0 saturated carbocycles. The van der Waals surface area contributed by atoms with Gasteiger partial charge >= 0.3 is 6.09 Å². The molecular formula is C21H31N3O4. The number of benzene rings is 1. The smallest absolute Gasteiger partial charge is 0.410 e. The number of carbonyl (C=O) groups excluding carboxylic acids is 1. The highest BCUT2D eigenvalue weighted by Crippen LogP contribution is 2.48. The van der Waals surface area contributed by atoms with E-state index in [-0.39, 0.29) is 17.6 Å². The lowest BCUT2D eigenvalue weighted by Gasteiger charge is -2.44. The summed E-state index contributed by atoms with van der Waals surface area (Å²) in [6.45, 7) is 8.45. The minimum atomic E-state index is -0.486. The highest BCUT2D eigenvalue weighted by Gasteiger charge is 2.49. The van der Waals surface area contributed by atoms with Gasteiger partial charge in [-0.15, -0.1) is 4.91 Å². The van der Waals surface area contributed by atoms with Crippen LogP contribution in [0, 0.1) is 10.3 Å². The molecule has 0 aliphatic carbocycles. The SMILES string of the molecule is COCC1N(c2ccccc2N=O)CCC12CCN(C(=O)OC(C)(C)C)CC2. The van der Waals surface area contributed by atoms with E-state index < -0.39 is 5.60 Å². The number of nitrogens with zero attached hydrogens (tertiary/aromatic N) is 3. The molecule has 7 heteroatoms. The molecule has 1 spiro atoms. The number of rotatable bonds is 4. The monoisotopic (exact) mass is 389 g/mol. The van der Waals surface area contributed by atoms with Gasteiger partial charge in [0, 0.05) is 26.7 Å². The molecule has 0 aromatic heterocycles. The van der Waals surface area contributed by atoms with Crippen molar-refractivity contribution in [2.45, 2.75) is 51.7 Å². The van der Waals surface area contributed by atoms with Crippen LogP contribution in [0.15, 0.2) is 29.4 Å². The summed E-state index contributed by atoms with van der Waals surface area (Å²) in [5.41, 5.74) is 0.906. The normalized spacial score (nSPS) is 21.8. The number of methoxy groups -OCH3 is 1. The Bertz CT molecular complexity index is 708. The summed E-state index contributed by atoms with van der Waals surface area (Å²) in [7, 11) is 1.71. The van der Waals surface area contributed by atoms with Gasteiger partial charge in [0.2, 0.25) is 0 Å². The fraction of sp³-hybridized carbons (Fsp3) is 0.667. The third-order valence-electron chi connectivity index (χ3n) is 5.96. The first-order chi connectivity index (χ1) is 13.3. The first-order valence-electron chi connectivity index (χ1n) is 9.95. The van der Waals surface area contributed by atoms with Gasteiger partial charge in [0.15, 0.2) is 0 Å². The van der Waals surface area contributed by atoms with Crippen LogP contribution in [0.5, 0.6) is 0 Å². The summed E-state index contributed by atoms with van der Waals surface area (Å²) >= 11 is 0. The fourth-order valence-electron chi connectivity index (χ4n) is 4.54. The van der Waals surface area contributed by atoms with Crippen LogP contribution in [0.3, 0.4) is 0 Å². The van der Waals surface area contributed by atoms with Crippen LogP contribution in [-0.2, 0) is 9.47 Å². The Morgan fingerprint density at radius 1 is 1.18 bits per heavy atom. The van der Waals surface area contributed by atoms with E-state index in [1.165, 1.54) is 0 Å². The van der Waals surface area contributed by atoms with Gasteiger partial charge in [0.25, 0.3) is 0 Å². The molecule has 3 rings (SSSR count). The summed E-state index contributed by atoms with van der Waals surface area (Å²) in [5.74, 6) is 0. The van der Waals surface area contributed by atoms with Crippen molar-refractivity contribution >= 4 is 17.5 Å². The Kier molecular flexibility index (Phi) is 5.93. The second-order valence-corrected chi connectivity index (χ2v) is 8.82. The number of piperidine rings is 1. The van der Waals surface area contributed by atoms with Crippen LogP contribution in [0.4, 0.5) is 16.2 Å². The third kappa shape index (κ3) is 4.14. The predicted octanol–water partition coefficient (Wildman–Crippen LogP) is 4.33. The zero-order chi connectivity index (χ0) is 20.4. The van der Waals surface area contributed by atoms with Crippen molar-refractivity contribution in [3.8, 4) is 0 Å². The summed E-state index contributed by atoms with van der Waals surface area (Å²) in [5, 5.41) is 3.21. The lowest BCUT2D eigenvalue weighted by Crippen LogP contribution is -2.51. The number of nitroso groups, excluding NO2 is 1. The Morgan fingerprint density at radius 3 is 2.43 bits per heavy atom. The fourth-order valence-corrected chi connectivity index (χ4v) is 4.54. The Labute approximate surface area is 166 Å². The summed E-state index contributed by atoms with van der Waals surface area (Å²) in [4.78, 5) is 27.8. The van der Waals surface area contributed by atoms with Gasteiger partial charge in [-0.2, -0.15) is 0 Å². The van der Waals surface area contributed by atoms with Gasteiger partial charge in [-0.25, -0.2) is 4.79 Å². The molecule has 1 aromatic rings. The molecule has 7 nitrogen and oxygen atoms in total. The zero-order valence-electron chi connectivity index (χ0n) is 17.3. The van der Waals surface area contributed by atoms with Gasteiger partial charge in [-0.05, 0) is 62.8 Å². The van der Waals surface area contributed by atoms with Gasteiger partial charge in [0.05, 0.1) is 18.3 Å². The number of para-hydroxylation sites is 1. The number of hydrogen-bond acceptors (Lipinski definition) is 6. The standard InChI is InChI=1S/C21H31N3O4/c1-20(2,3)28-19(25)23-12-9-21(10-13-23)11-14-24(18(21)15-27-4)17-8-6-5-7-16(17)22-26/h5-8,18H,9-15H2,1-4H3. The van der Waals surface area contributed by atoms with Crippen molar-refractivity contribution in [1.29, 1.82) is 0 Å². The molecule has 0 bridgehead atoms. The highest BCUT2D eigenvalue weighted by atomic mass is 16.6. The molecule has 2 aliphatic rings.